The number of rotatable bonds is 6. The van der Waals surface area contributed by atoms with Crippen molar-refractivity contribution in [1.82, 2.24) is 24.8 Å². The zero-order valence-corrected chi connectivity index (χ0v) is 17.0. The number of anilines is 1. The quantitative estimate of drug-likeness (QED) is 0.688. The van der Waals surface area contributed by atoms with Crippen LogP contribution in [0.3, 0.4) is 0 Å². The van der Waals surface area contributed by atoms with Gasteiger partial charge in [-0.05, 0) is 37.1 Å². The maximum Gasteiger partial charge on any atom is 0.256 e. The van der Waals surface area contributed by atoms with Crippen molar-refractivity contribution < 1.29 is 9.32 Å². The Morgan fingerprint density at radius 3 is 2.72 bits per heavy atom. The van der Waals surface area contributed by atoms with E-state index in [2.05, 4.69) is 39.3 Å². The molecule has 1 amide bonds. The van der Waals surface area contributed by atoms with Gasteiger partial charge in [0, 0.05) is 31.1 Å². The number of aromatic nitrogens is 4. The number of benzene rings is 1. The Labute approximate surface area is 169 Å². The summed E-state index contributed by atoms with van der Waals surface area (Å²) in [4.78, 5) is 19.4. The summed E-state index contributed by atoms with van der Waals surface area (Å²) in [7, 11) is 1.79. The molecule has 3 heterocycles. The second kappa shape index (κ2) is 8.16. The summed E-state index contributed by atoms with van der Waals surface area (Å²) in [5, 5.41) is 11.0. The third-order valence-electron chi connectivity index (χ3n) is 5.29. The van der Waals surface area contributed by atoms with Gasteiger partial charge in [0.25, 0.3) is 5.91 Å². The van der Waals surface area contributed by atoms with E-state index >= 15 is 0 Å². The number of amides is 1. The lowest BCUT2D eigenvalue weighted by atomic mass is 10.1. The Hall–Kier alpha value is -3.00. The number of aryl methyl sites for hydroxylation is 1. The molecule has 1 saturated heterocycles. The lowest BCUT2D eigenvalue weighted by Crippen LogP contribution is -2.23. The maximum absolute atomic E-state index is 12.4. The van der Waals surface area contributed by atoms with E-state index in [-0.39, 0.29) is 17.9 Å². The zero-order chi connectivity index (χ0) is 20.4. The van der Waals surface area contributed by atoms with E-state index in [9.17, 15) is 4.79 Å². The van der Waals surface area contributed by atoms with Crippen molar-refractivity contribution in [3.05, 3.63) is 59.4 Å². The average molecular weight is 394 g/mol. The summed E-state index contributed by atoms with van der Waals surface area (Å²) in [5.41, 5.74) is 1.77. The van der Waals surface area contributed by atoms with Crippen LogP contribution in [0.1, 0.15) is 66.3 Å². The Morgan fingerprint density at radius 1 is 1.28 bits per heavy atom. The van der Waals surface area contributed by atoms with Crippen molar-refractivity contribution in [2.24, 2.45) is 7.05 Å². The first-order valence-corrected chi connectivity index (χ1v) is 9.97. The number of nitrogens with one attached hydrogen (secondary N) is 1. The van der Waals surface area contributed by atoms with Gasteiger partial charge in [-0.3, -0.25) is 14.4 Å². The second-order valence-corrected chi connectivity index (χ2v) is 7.77. The molecule has 0 spiro atoms. The Balaban J connectivity index is 1.41. The van der Waals surface area contributed by atoms with Gasteiger partial charge in [-0.2, -0.15) is 10.1 Å². The Morgan fingerprint density at radius 2 is 2.07 bits per heavy atom. The van der Waals surface area contributed by atoms with E-state index in [4.69, 9.17) is 4.52 Å². The molecular weight excluding hydrogens is 368 g/mol. The zero-order valence-electron chi connectivity index (χ0n) is 17.0. The lowest BCUT2D eigenvalue weighted by molar-refractivity contribution is 0.102. The fraction of sp³-hybridized carbons (Fsp3) is 0.429. The van der Waals surface area contributed by atoms with Crippen molar-refractivity contribution in [3.63, 3.8) is 0 Å². The summed E-state index contributed by atoms with van der Waals surface area (Å²) in [5.74, 6) is 2.24. The molecule has 1 atom stereocenters. The molecule has 29 heavy (non-hydrogen) atoms. The highest BCUT2D eigenvalue weighted by Crippen LogP contribution is 2.32. The van der Waals surface area contributed by atoms with E-state index in [1.165, 1.54) is 0 Å². The topological polar surface area (TPSA) is 89.1 Å². The summed E-state index contributed by atoms with van der Waals surface area (Å²) in [6.45, 7) is 5.90. The lowest BCUT2D eigenvalue weighted by Gasteiger charge is -2.21. The van der Waals surface area contributed by atoms with Crippen LogP contribution in [-0.4, -0.2) is 37.3 Å². The van der Waals surface area contributed by atoms with Crippen molar-refractivity contribution in [3.8, 4) is 0 Å². The van der Waals surface area contributed by atoms with Gasteiger partial charge in [0.1, 0.15) is 5.82 Å². The van der Waals surface area contributed by atoms with Gasteiger partial charge in [-0.15, -0.1) is 0 Å². The van der Waals surface area contributed by atoms with E-state index in [1.807, 2.05) is 24.3 Å². The first-order chi connectivity index (χ1) is 14.0. The minimum absolute atomic E-state index is 0.147. The van der Waals surface area contributed by atoms with Gasteiger partial charge in [0.05, 0.1) is 12.2 Å². The molecule has 1 aromatic carbocycles. The molecule has 1 aliphatic heterocycles. The third-order valence-corrected chi connectivity index (χ3v) is 5.29. The molecule has 8 heteroatoms. The van der Waals surface area contributed by atoms with E-state index < -0.39 is 0 Å². The van der Waals surface area contributed by atoms with Crippen molar-refractivity contribution in [2.45, 2.75) is 45.2 Å². The Kier molecular flexibility index (Phi) is 5.44. The van der Waals surface area contributed by atoms with Crippen LogP contribution >= 0.6 is 0 Å². The highest BCUT2D eigenvalue weighted by Gasteiger charge is 2.31. The minimum atomic E-state index is -0.147. The molecule has 8 nitrogen and oxygen atoms in total. The minimum Gasteiger partial charge on any atom is -0.338 e. The highest BCUT2D eigenvalue weighted by atomic mass is 16.5. The van der Waals surface area contributed by atoms with E-state index in [0.29, 0.717) is 17.3 Å². The first-order valence-electron chi connectivity index (χ1n) is 9.97. The molecule has 1 N–H and O–H groups in total. The average Bonchev–Trinajstić information content (AvgIpc) is 3.44. The van der Waals surface area contributed by atoms with Crippen LogP contribution in [0.2, 0.25) is 0 Å². The number of carbonyl (C=O) groups excluding carboxylic acids is 1. The number of nitrogens with zero attached hydrogens (tertiary/aromatic N) is 5. The van der Waals surface area contributed by atoms with Crippen LogP contribution in [-0.2, 0) is 13.6 Å². The fourth-order valence-electron chi connectivity index (χ4n) is 3.59. The molecule has 4 rings (SSSR count). The van der Waals surface area contributed by atoms with Crippen LogP contribution in [0.15, 0.2) is 41.1 Å². The summed E-state index contributed by atoms with van der Waals surface area (Å²) < 4.78 is 7.15. The summed E-state index contributed by atoms with van der Waals surface area (Å²) in [6, 6.07) is 9.64. The number of hydrogen-bond acceptors (Lipinski definition) is 6. The van der Waals surface area contributed by atoms with Gasteiger partial charge in [0.2, 0.25) is 5.89 Å². The number of carbonyl (C=O) groups is 1. The molecule has 152 valence electrons. The summed E-state index contributed by atoms with van der Waals surface area (Å²) >= 11 is 0. The summed E-state index contributed by atoms with van der Waals surface area (Å²) in [6.07, 6.45) is 3.78. The van der Waals surface area contributed by atoms with Gasteiger partial charge < -0.3 is 9.84 Å². The van der Waals surface area contributed by atoms with Crippen LogP contribution in [0, 0.1) is 0 Å². The van der Waals surface area contributed by atoms with Gasteiger partial charge in [0.15, 0.2) is 5.82 Å². The SMILES string of the molecule is CC(C)c1noc([C@@H]2CCCN2Cc2ccc(C(=O)Nc3ccnn3C)cc2)n1. The molecular formula is C21H26N6O2. The van der Waals surface area contributed by atoms with Crippen LogP contribution in [0.5, 0.6) is 0 Å². The molecule has 0 radical (unpaired) electrons. The second-order valence-electron chi connectivity index (χ2n) is 7.77. The largest absolute Gasteiger partial charge is 0.338 e. The number of hydrogen-bond donors (Lipinski definition) is 1. The molecule has 0 unspecified atom stereocenters. The molecule has 1 aliphatic rings. The van der Waals surface area contributed by atoms with Crippen molar-refractivity contribution in [2.75, 3.05) is 11.9 Å². The molecule has 0 saturated carbocycles. The molecule has 1 fully saturated rings. The van der Waals surface area contributed by atoms with Gasteiger partial charge >= 0.3 is 0 Å². The van der Waals surface area contributed by atoms with E-state index in [1.54, 1.807) is 24.0 Å². The Bertz CT molecular complexity index is 975. The van der Waals surface area contributed by atoms with Crippen molar-refractivity contribution in [1.29, 1.82) is 0 Å². The predicted octanol–water partition coefficient (Wildman–Crippen LogP) is 3.52. The van der Waals surface area contributed by atoms with Crippen molar-refractivity contribution >= 4 is 11.7 Å². The highest BCUT2D eigenvalue weighted by molar-refractivity contribution is 6.03. The monoisotopic (exact) mass is 394 g/mol. The molecule has 0 aliphatic carbocycles. The van der Waals surface area contributed by atoms with E-state index in [0.717, 1.165) is 37.3 Å². The van der Waals surface area contributed by atoms with Gasteiger partial charge in [-0.25, -0.2) is 0 Å². The van der Waals surface area contributed by atoms with Crippen LogP contribution in [0.25, 0.3) is 0 Å². The van der Waals surface area contributed by atoms with Crippen LogP contribution < -0.4 is 5.32 Å². The van der Waals surface area contributed by atoms with Gasteiger partial charge in [-0.1, -0.05) is 31.1 Å². The molecule has 2 aromatic heterocycles. The predicted molar refractivity (Wildman–Crippen MR) is 108 cm³/mol. The third kappa shape index (κ3) is 4.22. The number of likely N-dealkylation sites (tertiary alicyclic amines) is 1. The first kappa shape index (κ1) is 19.3. The van der Waals surface area contributed by atoms with Crippen LogP contribution in [0.4, 0.5) is 5.82 Å². The standard InChI is InChI=1S/C21H26N6O2/c1-14(2)19-24-21(29-25-19)17-5-4-12-27(17)13-15-6-8-16(9-7-15)20(28)23-18-10-11-22-26(18)3/h6-11,14,17H,4-5,12-13H2,1-3H3,(H,23,28)/t17-/m0/s1. The molecule has 3 aromatic rings. The fourth-order valence-corrected chi connectivity index (χ4v) is 3.59. The maximum atomic E-state index is 12.4. The smallest absolute Gasteiger partial charge is 0.256 e. The molecule has 0 bridgehead atoms. The normalized spacial score (nSPS) is 17.2.